The number of nitrogens with two attached hydrogens (primary N) is 1. The lowest BCUT2D eigenvalue weighted by Crippen LogP contribution is -2.42. The zero-order chi connectivity index (χ0) is 14.9. The van der Waals surface area contributed by atoms with Gasteiger partial charge in [-0.1, -0.05) is 0 Å². The maximum atomic E-state index is 13.2. The van der Waals surface area contributed by atoms with E-state index in [9.17, 15) is 14.0 Å². The van der Waals surface area contributed by atoms with Crippen molar-refractivity contribution in [2.24, 2.45) is 5.73 Å². The van der Waals surface area contributed by atoms with Gasteiger partial charge in [-0.05, 0) is 32.0 Å². The number of carbonyl (C=O) groups excluding carboxylic acids is 2. The minimum absolute atomic E-state index is 0.0627. The number of likely N-dealkylation sites (N-methyl/N-ethyl adjacent to an activating group) is 1. The molecule has 0 saturated carbocycles. The van der Waals surface area contributed by atoms with Gasteiger partial charge in [-0.15, -0.1) is 0 Å². The Hall–Kier alpha value is -1.95. The number of rotatable bonds is 4. The van der Waals surface area contributed by atoms with Crippen molar-refractivity contribution in [3.8, 4) is 0 Å². The molecule has 1 unspecified atom stereocenters. The van der Waals surface area contributed by atoms with Gasteiger partial charge in [-0.2, -0.15) is 0 Å². The van der Waals surface area contributed by atoms with Crippen molar-refractivity contribution in [1.29, 1.82) is 0 Å². The highest BCUT2D eigenvalue weighted by Crippen LogP contribution is 2.34. The van der Waals surface area contributed by atoms with Crippen LogP contribution in [0.25, 0.3) is 0 Å². The Labute approximate surface area is 117 Å². The maximum absolute atomic E-state index is 13.2. The van der Waals surface area contributed by atoms with E-state index in [0.29, 0.717) is 24.3 Å². The molecule has 0 aliphatic carbocycles. The lowest BCUT2D eigenvalue weighted by molar-refractivity contribution is -0.131. The summed E-state index contributed by atoms with van der Waals surface area (Å²) in [6.07, 6.45) is 0. The Kier molecular flexibility index (Phi) is 4.04. The number of benzene rings is 1. The number of carbonyl (C=O) groups is 2. The van der Waals surface area contributed by atoms with E-state index in [-0.39, 0.29) is 18.4 Å². The average molecular weight is 279 g/mol. The van der Waals surface area contributed by atoms with Gasteiger partial charge in [0.15, 0.2) is 0 Å². The van der Waals surface area contributed by atoms with Crippen LogP contribution in [0, 0.1) is 5.82 Å². The topological polar surface area (TPSA) is 66.6 Å². The molecule has 20 heavy (non-hydrogen) atoms. The first kappa shape index (κ1) is 14.5. The van der Waals surface area contributed by atoms with Gasteiger partial charge in [0.05, 0.1) is 0 Å². The van der Waals surface area contributed by atoms with Crippen LogP contribution in [0.2, 0.25) is 0 Å². The quantitative estimate of drug-likeness (QED) is 0.895. The van der Waals surface area contributed by atoms with Crippen molar-refractivity contribution in [1.82, 2.24) is 4.90 Å². The normalized spacial score (nSPS) is 17.3. The Bertz CT molecular complexity index is 543. The van der Waals surface area contributed by atoms with Crippen LogP contribution < -0.4 is 10.6 Å². The number of fused-ring (bicyclic) bond motifs is 1. The third kappa shape index (κ3) is 2.38. The summed E-state index contributed by atoms with van der Waals surface area (Å²) in [7, 11) is 0. The number of hydrogen-bond donors (Lipinski definition) is 1. The van der Waals surface area contributed by atoms with Crippen LogP contribution in [0.3, 0.4) is 0 Å². The lowest BCUT2D eigenvalue weighted by atomic mass is 10.1. The van der Waals surface area contributed by atoms with E-state index < -0.39 is 11.9 Å². The molecule has 0 bridgehead atoms. The predicted octanol–water partition coefficient (Wildman–Crippen LogP) is 1.04. The van der Waals surface area contributed by atoms with Gasteiger partial charge in [0, 0.05) is 24.3 Å². The van der Waals surface area contributed by atoms with Crippen molar-refractivity contribution < 1.29 is 14.0 Å². The first-order valence-corrected chi connectivity index (χ1v) is 6.63. The zero-order valence-corrected chi connectivity index (χ0v) is 11.6. The predicted molar refractivity (Wildman–Crippen MR) is 73.6 cm³/mol. The highest BCUT2D eigenvalue weighted by atomic mass is 19.1. The molecule has 1 heterocycles. The van der Waals surface area contributed by atoms with Crippen LogP contribution in [0.4, 0.5) is 10.1 Å². The molecule has 0 fully saturated rings. The molecule has 2 amide bonds. The Morgan fingerprint density at radius 3 is 2.65 bits per heavy atom. The second-order valence-electron chi connectivity index (χ2n) is 4.67. The lowest BCUT2D eigenvalue weighted by Gasteiger charge is -2.23. The van der Waals surface area contributed by atoms with Crippen LogP contribution in [-0.2, 0) is 9.59 Å². The van der Waals surface area contributed by atoms with Gasteiger partial charge >= 0.3 is 0 Å². The third-order valence-electron chi connectivity index (χ3n) is 3.56. The smallest absolute Gasteiger partial charge is 0.249 e. The van der Waals surface area contributed by atoms with Crippen LogP contribution in [0.1, 0.15) is 25.5 Å². The van der Waals surface area contributed by atoms with E-state index in [4.69, 9.17) is 5.73 Å². The summed E-state index contributed by atoms with van der Waals surface area (Å²) in [5.74, 6) is -0.956. The molecular formula is C14H18FN3O2. The molecule has 5 nitrogen and oxygen atoms in total. The molecule has 0 aromatic heterocycles. The molecular weight excluding hydrogens is 261 g/mol. The van der Waals surface area contributed by atoms with E-state index >= 15 is 0 Å². The number of halogens is 1. The van der Waals surface area contributed by atoms with E-state index in [1.54, 1.807) is 4.90 Å². The molecule has 0 saturated heterocycles. The highest BCUT2D eigenvalue weighted by molar-refractivity contribution is 6.07. The Balaban J connectivity index is 2.26. The van der Waals surface area contributed by atoms with Gasteiger partial charge in [-0.25, -0.2) is 4.39 Å². The minimum Gasteiger partial charge on any atom is -0.342 e. The molecule has 2 N–H and O–H groups in total. The summed E-state index contributed by atoms with van der Waals surface area (Å²) in [5.41, 5.74) is 6.73. The third-order valence-corrected chi connectivity index (χ3v) is 3.56. The Morgan fingerprint density at radius 1 is 1.40 bits per heavy atom. The fourth-order valence-electron chi connectivity index (χ4n) is 2.41. The number of anilines is 1. The molecule has 0 spiro atoms. The second-order valence-corrected chi connectivity index (χ2v) is 4.67. The number of amides is 2. The first-order chi connectivity index (χ1) is 9.49. The van der Waals surface area contributed by atoms with Gasteiger partial charge in [0.2, 0.25) is 11.8 Å². The van der Waals surface area contributed by atoms with Crippen molar-refractivity contribution in [2.75, 3.05) is 24.5 Å². The molecule has 108 valence electrons. The molecule has 1 aromatic carbocycles. The van der Waals surface area contributed by atoms with Crippen LogP contribution in [-0.4, -0.2) is 36.3 Å². The van der Waals surface area contributed by atoms with Crippen LogP contribution in [0.15, 0.2) is 18.2 Å². The van der Waals surface area contributed by atoms with Crippen LogP contribution in [0.5, 0.6) is 0 Å². The van der Waals surface area contributed by atoms with Crippen LogP contribution >= 0.6 is 0 Å². The average Bonchev–Trinajstić information content (AvgIpc) is 2.65. The summed E-state index contributed by atoms with van der Waals surface area (Å²) >= 11 is 0. The summed E-state index contributed by atoms with van der Waals surface area (Å²) in [6.45, 7) is 4.86. The Morgan fingerprint density at radius 2 is 2.05 bits per heavy atom. The minimum atomic E-state index is -0.898. The molecule has 0 radical (unpaired) electrons. The van der Waals surface area contributed by atoms with Crippen molar-refractivity contribution in [3.05, 3.63) is 29.6 Å². The fourth-order valence-corrected chi connectivity index (χ4v) is 2.41. The molecule has 1 aliphatic heterocycles. The van der Waals surface area contributed by atoms with Gasteiger partial charge in [0.25, 0.3) is 0 Å². The zero-order valence-electron chi connectivity index (χ0n) is 11.6. The number of hydrogen-bond acceptors (Lipinski definition) is 3. The molecule has 6 heteroatoms. The van der Waals surface area contributed by atoms with Gasteiger partial charge in [-0.3, -0.25) is 9.59 Å². The van der Waals surface area contributed by atoms with E-state index in [1.807, 2.05) is 13.8 Å². The monoisotopic (exact) mass is 279 g/mol. The SMILES string of the molecule is CCN(CC)C(=O)CN1C(=O)C(N)c2cc(F)ccc21. The van der Waals surface area contributed by atoms with Crippen molar-refractivity contribution in [2.45, 2.75) is 19.9 Å². The first-order valence-electron chi connectivity index (χ1n) is 6.63. The summed E-state index contributed by atoms with van der Waals surface area (Å²) < 4.78 is 13.2. The largest absolute Gasteiger partial charge is 0.342 e. The molecule has 1 atom stereocenters. The highest BCUT2D eigenvalue weighted by Gasteiger charge is 2.36. The van der Waals surface area contributed by atoms with Gasteiger partial charge in [0.1, 0.15) is 18.4 Å². The van der Waals surface area contributed by atoms with E-state index in [2.05, 4.69) is 0 Å². The van der Waals surface area contributed by atoms with E-state index in [0.717, 1.165) is 0 Å². The number of nitrogens with zero attached hydrogens (tertiary/aromatic N) is 2. The second kappa shape index (κ2) is 5.58. The van der Waals surface area contributed by atoms with E-state index in [1.165, 1.54) is 23.1 Å². The van der Waals surface area contributed by atoms with Crippen molar-refractivity contribution >= 4 is 17.5 Å². The molecule has 1 aromatic rings. The molecule has 2 rings (SSSR count). The maximum Gasteiger partial charge on any atom is 0.249 e. The summed E-state index contributed by atoms with van der Waals surface area (Å²) in [6, 6.07) is 3.11. The fraction of sp³-hybridized carbons (Fsp3) is 0.429. The molecule has 1 aliphatic rings. The van der Waals surface area contributed by atoms with Gasteiger partial charge < -0.3 is 15.5 Å². The summed E-state index contributed by atoms with van der Waals surface area (Å²) in [5, 5.41) is 0. The van der Waals surface area contributed by atoms with Crippen molar-refractivity contribution in [3.63, 3.8) is 0 Å². The summed E-state index contributed by atoms with van der Waals surface area (Å²) in [4.78, 5) is 27.2. The standard InChI is InChI=1S/C14H18FN3O2/c1-3-17(4-2)12(19)8-18-11-6-5-9(15)7-10(11)13(16)14(18)20/h5-7,13H,3-4,8,16H2,1-2H3.